The number of rotatable bonds is 1. The average molecular weight is 196 g/mol. The Bertz CT molecular complexity index is 327. The number of nitrogens with two attached hydrogens (primary N) is 2. The fourth-order valence-corrected chi connectivity index (χ4v) is 0.811. The van der Waals surface area contributed by atoms with Crippen molar-refractivity contribution < 1.29 is 4.79 Å². The van der Waals surface area contributed by atoms with Crippen molar-refractivity contribution in [2.45, 2.75) is 0 Å². The Morgan fingerprint density at radius 2 is 2.31 bits per heavy atom. The van der Waals surface area contributed by atoms with Crippen molar-refractivity contribution in [2.75, 3.05) is 0 Å². The lowest BCUT2D eigenvalue weighted by Crippen LogP contribution is -2.45. The topological polar surface area (TPSA) is 85.2 Å². The van der Waals surface area contributed by atoms with Crippen molar-refractivity contribution >= 4 is 23.2 Å². The first kappa shape index (κ1) is 9.56. The molecule has 0 fully saturated rings. The summed E-state index contributed by atoms with van der Waals surface area (Å²) in [6.07, 6.45) is 2.94. The molecule has 1 aromatic rings. The third kappa shape index (κ3) is 2.20. The molecular formula is C7H8N4OS. The van der Waals surface area contributed by atoms with Crippen LogP contribution < -0.4 is 11.6 Å². The molecule has 0 bridgehead atoms. The Balaban J connectivity index is 2.86. The summed E-state index contributed by atoms with van der Waals surface area (Å²) in [6.45, 7) is 0. The SMILES string of the molecule is NC(=S)N(N)C(=O)c1cccnc1. The predicted octanol–water partition coefficient (Wildman–Crippen LogP) is -0.359. The number of aromatic nitrogens is 1. The van der Waals surface area contributed by atoms with E-state index in [1.807, 2.05) is 0 Å². The first-order chi connectivity index (χ1) is 6.13. The molecule has 0 atom stereocenters. The fourth-order valence-electron chi connectivity index (χ4n) is 0.728. The van der Waals surface area contributed by atoms with Crippen molar-refractivity contribution in [3.63, 3.8) is 0 Å². The summed E-state index contributed by atoms with van der Waals surface area (Å²) in [4.78, 5) is 15.1. The van der Waals surface area contributed by atoms with E-state index in [-0.39, 0.29) is 5.11 Å². The number of carbonyl (C=O) groups is 1. The van der Waals surface area contributed by atoms with Gasteiger partial charge < -0.3 is 5.73 Å². The van der Waals surface area contributed by atoms with Crippen LogP contribution in [0.4, 0.5) is 0 Å². The lowest BCUT2D eigenvalue weighted by Gasteiger charge is -2.13. The highest BCUT2D eigenvalue weighted by atomic mass is 32.1. The number of thiocarbonyl (C=S) groups is 1. The number of nitrogens with zero attached hydrogens (tertiary/aromatic N) is 2. The zero-order valence-electron chi connectivity index (χ0n) is 6.68. The first-order valence-electron chi connectivity index (χ1n) is 3.41. The monoisotopic (exact) mass is 196 g/mol. The summed E-state index contributed by atoms with van der Waals surface area (Å²) in [5.41, 5.74) is 5.51. The molecule has 1 heterocycles. The molecule has 0 saturated carbocycles. The van der Waals surface area contributed by atoms with E-state index in [0.29, 0.717) is 10.6 Å². The van der Waals surface area contributed by atoms with Gasteiger partial charge in [-0.1, -0.05) is 0 Å². The maximum absolute atomic E-state index is 11.4. The van der Waals surface area contributed by atoms with Crippen LogP contribution in [0.5, 0.6) is 0 Å². The maximum Gasteiger partial charge on any atom is 0.275 e. The summed E-state index contributed by atoms with van der Waals surface area (Å²) in [5.74, 6) is 4.81. The molecule has 1 aromatic heterocycles. The second-order valence-corrected chi connectivity index (χ2v) is 2.67. The molecule has 4 N–H and O–H groups in total. The molecule has 1 amide bonds. The van der Waals surface area contributed by atoms with Gasteiger partial charge in [-0.25, -0.2) is 10.9 Å². The number of hydrogen-bond acceptors (Lipinski definition) is 4. The Hall–Kier alpha value is -1.53. The Morgan fingerprint density at radius 3 is 2.77 bits per heavy atom. The number of amides is 1. The third-order valence-electron chi connectivity index (χ3n) is 1.36. The average Bonchev–Trinajstić information content (AvgIpc) is 2.17. The highest BCUT2D eigenvalue weighted by Crippen LogP contribution is 1.98. The van der Waals surface area contributed by atoms with Crippen molar-refractivity contribution in [3.8, 4) is 0 Å². The lowest BCUT2D eigenvalue weighted by atomic mass is 10.3. The largest absolute Gasteiger partial charge is 0.375 e. The van der Waals surface area contributed by atoms with Crippen molar-refractivity contribution in [1.82, 2.24) is 9.99 Å². The molecule has 0 aromatic carbocycles. The van der Waals surface area contributed by atoms with E-state index in [2.05, 4.69) is 17.2 Å². The van der Waals surface area contributed by atoms with Crippen LogP contribution in [0.2, 0.25) is 0 Å². The van der Waals surface area contributed by atoms with Crippen LogP contribution in [0.1, 0.15) is 10.4 Å². The van der Waals surface area contributed by atoms with E-state index in [0.717, 1.165) is 0 Å². The molecular weight excluding hydrogens is 188 g/mol. The zero-order valence-corrected chi connectivity index (χ0v) is 7.49. The van der Waals surface area contributed by atoms with Crippen molar-refractivity contribution in [1.29, 1.82) is 0 Å². The Labute approximate surface area is 80.3 Å². The second-order valence-electron chi connectivity index (χ2n) is 2.26. The molecule has 0 spiro atoms. The van der Waals surface area contributed by atoms with Gasteiger partial charge in [0.1, 0.15) is 0 Å². The van der Waals surface area contributed by atoms with Gasteiger partial charge in [0, 0.05) is 12.4 Å². The Morgan fingerprint density at radius 1 is 1.62 bits per heavy atom. The zero-order chi connectivity index (χ0) is 9.84. The molecule has 5 nitrogen and oxygen atoms in total. The third-order valence-corrected chi connectivity index (χ3v) is 1.56. The van der Waals surface area contributed by atoms with E-state index < -0.39 is 5.91 Å². The smallest absolute Gasteiger partial charge is 0.275 e. The Kier molecular flexibility index (Phi) is 2.88. The van der Waals surface area contributed by atoms with Gasteiger partial charge in [0.15, 0.2) is 5.11 Å². The minimum Gasteiger partial charge on any atom is -0.375 e. The summed E-state index contributed by atoms with van der Waals surface area (Å²) < 4.78 is 0. The molecule has 0 aliphatic heterocycles. The minimum atomic E-state index is -0.472. The molecule has 68 valence electrons. The summed E-state index contributed by atoms with van der Waals surface area (Å²) >= 11 is 4.53. The van der Waals surface area contributed by atoms with Gasteiger partial charge in [0.25, 0.3) is 5.91 Å². The van der Waals surface area contributed by atoms with Gasteiger partial charge in [-0.2, -0.15) is 0 Å². The van der Waals surface area contributed by atoms with Crippen LogP contribution in [0.3, 0.4) is 0 Å². The van der Waals surface area contributed by atoms with E-state index in [4.69, 9.17) is 11.6 Å². The molecule has 0 saturated heterocycles. The maximum atomic E-state index is 11.4. The standard InChI is InChI=1S/C7H8N4OS/c8-7(13)11(9)6(12)5-2-1-3-10-4-5/h1-4H,9H2,(H2,8,13). The molecule has 1 rings (SSSR count). The van der Waals surface area contributed by atoms with Crippen LogP contribution >= 0.6 is 12.2 Å². The molecule has 0 radical (unpaired) electrons. The fraction of sp³-hybridized carbons (Fsp3) is 0. The molecule has 0 aliphatic carbocycles. The van der Waals surface area contributed by atoms with Gasteiger partial charge >= 0.3 is 0 Å². The van der Waals surface area contributed by atoms with Gasteiger partial charge in [-0.15, -0.1) is 0 Å². The van der Waals surface area contributed by atoms with Crippen LogP contribution in [0.15, 0.2) is 24.5 Å². The first-order valence-corrected chi connectivity index (χ1v) is 3.82. The summed E-state index contributed by atoms with van der Waals surface area (Å²) in [6, 6.07) is 3.20. The van der Waals surface area contributed by atoms with E-state index in [1.165, 1.54) is 6.20 Å². The van der Waals surface area contributed by atoms with Crippen molar-refractivity contribution in [3.05, 3.63) is 30.1 Å². The highest BCUT2D eigenvalue weighted by Gasteiger charge is 2.13. The lowest BCUT2D eigenvalue weighted by molar-refractivity contribution is 0.0848. The predicted molar refractivity (Wildman–Crippen MR) is 51.4 cm³/mol. The molecule has 0 unspecified atom stereocenters. The van der Waals surface area contributed by atoms with Gasteiger partial charge in [0.05, 0.1) is 5.56 Å². The summed E-state index contributed by atoms with van der Waals surface area (Å²) in [5, 5.41) is 0.528. The number of carbonyl (C=O) groups excluding carboxylic acids is 1. The molecule has 13 heavy (non-hydrogen) atoms. The van der Waals surface area contributed by atoms with Gasteiger partial charge in [-0.3, -0.25) is 9.78 Å². The number of hydrogen-bond donors (Lipinski definition) is 2. The van der Waals surface area contributed by atoms with Crippen molar-refractivity contribution in [2.24, 2.45) is 11.6 Å². The van der Waals surface area contributed by atoms with Crippen LogP contribution in [-0.2, 0) is 0 Å². The van der Waals surface area contributed by atoms with Crippen LogP contribution in [-0.4, -0.2) is 21.0 Å². The normalized spacial score (nSPS) is 9.31. The highest BCUT2D eigenvalue weighted by molar-refractivity contribution is 7.80. The van der Waals surface area contributed by atoms with E-state index in [9.17, 15) is 4.79 Å². The van der Waals surface area contributed by atoms with Crippen LogP contribution in [0, 0.1) is 0 Å². The van der Waals surface area contributed by atoms with Crippen LogP contribution in [0.25, 0.3) is 0 Å². The minimum absolute atomic E-state index is 0.172. The molecule has 6 heteroatoms. The number of pyridine rings is 1. The molecule has 0 aliphatic rings. The second kappa shape index (κ2) is 3.92. The summed E-state index contributed by atoms with van der Waals surface area (Å²) in [7, 11) is 0. The van der Waals surface area contributed by atoms with E-state index in [1.54, 1.807) is 18.3 Å². The quantitative estimate of drug-likeness (QED) is 0.277. The van der Waals surface area contributed by atoms with E-state index >= 15 is 0 Å². The van der Waals surface area contributed by atoms with Gasteiger partial charge in [0.2, 0.25) is 0 Å². The van der Waals surface area contributed by atoms with Gasteiger partial charge in [-0.05, 0) is 24.4 Å². The number of hydrazine groups is 1.